The average Bonchev–Trinajstić information content (AvgIpc) is 3.08. The van der Waals surface area contributed by atoms with Crippen molar-refractivity contribution in [3.63, 3.8) is 0 Å². The fourth-order valence-corrected chi connectivity index (χ4v) is 3.65. The van der Waals surface area contributed by atoms with Gasteiger partial charge in [-0.3, -0.25) is 9.59 Å². The Kier molecular flexibility index (Phi) is 6.38. The molecule has 0 aliphatic carbocycles. The highest BCUT2D eigenvalue weighted by Gasteiger charge is 2.37. The van der Waals surface area contributed by atoms with Crippen molar-refractivity contribution in [1.29, 1.82) is 0 Å². The van der Waals surface area contributed by atoms with Crippen molar-refractivity contribution < 1.29 is 31.2 Å². The van der Waals surface area contributed by atoms with Crippen LogP contribution in [-0.4, -0.2) is 57.5 Å². The first-order valence-electron chi connectivity index (χ1n) is 7.85. The van der Waals surface area contributed by atoms with Crippen LogP contribution in [0.5, 0.6) is 0 Å². The van der Waals surface area contributed by atoms with E-state index in [1.165, 1.54) is 19.2 Å². The van der Waals surface area contributed by atoms with Crippen LogP contribution in [0.2, 0.25) is 5.02 Å². The van der Waals surface area contributed by atoms with Gasteiger partial charge in [0.05, 0.1) is 15.5 Å². The molecule has 150 valence electrons. The Hall–Kier alpha value is -1.85. The molecule has 1 atom stereocenters. The maximum atomic E-state index is 12.8. The van der Waals surface area contributed by atoms with Gasteiger partial charge in [-0.25, -0.2) is 13.1 Å². The summed E-state index contributed by atoms with van der Waals surface area (Å²) in [4.78, 5) is 25.7. The first-order chi connectivity index (χ1) is 12.5. The number of likely N-dealkylation sites (tertiary alicyclic amines) is 1. The van der Waals surface area contributed by atoms with Crippen molar-refractivity contribution in [3.05, 3.63) is 28.8 Å². The lowest BCUT2D eigenvalue weighted by Gasteiger charge is -2.25. The highest BCUT2D eigenvalue weighted by atomic mass is 35.5. The number of carbonyl (C=O) groups excluding carboxylic acids is 2. The topological polar surface area (TPSA) is 95.6 Å². The van der Waals surface area contributed by atoms with Gasteiger partial charge in [-0.15, -0.1) is 0 Å². The minimum absolute atomic E-state index is 0.0311. The van der Waals surface area contributed by atoms with Gasteiger partial charge < -0.3 is 10.2 Å². The van der Waals surface area contributed by atoms with Crippen molar-refractivity contribution in [3.8, 4) is 0 Å². The van der Waals surface area contributed by atoms with Gasteiger partial charge in [-0.1, -0.05) is 11.6 Å². The second kappa shape index (κ2) is 8.03. The fraction of sp³-hybridized carbons (Fsp3) is 0.467. The molecule has 1 heterocycles. The Balaban J connectivity index is 2.26. The lowest BCUT2D eigenvalue weighted by atomic mass is 10.1. The molecule has 1 aliphatic heterocycles. The molecule has 1 fully saturated rings. The summed E-state index contributed by atoms with van der Waals surface area (Å²) in [7, 11) is -2.63. The average molecular weight is 428 g/mol. The van der Waals surface area contributed by atoms with E-state index in [0.29, 0.717) is 6.42 Å². The number of hydrogen-bond acceptors (Lipinski definition) is 4. The maximum absolute atomic E-state index is 12.8. The lowest BCUT2D eigenvalue weighted by Crippen LogP contribution is -2.48. The zero-order valence-electron chi connectivity index (χ0n) is 14.1. The highest BCUT2D eigenvalue weighted by molar-refractivity contribution is 7.89. The first kappa shape index (κ1) is 21.5. The number of rotatable bonds is 5. The summed E-state index contributed by atoms with van der Waals surface area (Å²) in [6.07, 6.45) is -3.95. The van der Waals surface area contributed by atoms with E-state index in [0.717, 1.165) is 11.0 Å². The van der Waals surface area contributed by atoms with Crippen LogP contribution < -0.4 is 10.0 Å². The van der Waals surface area contributed by atoms with Gasteiger partial charge in [0, 0.05) is 6.54 Å². The minimum Gasteiger partial charge on any atom is -0.345 e. The van der Waals surface area contributed by atoms with E-state index in [1.807, 2.05) is 0 Å². The van der Waals surface area contributed by atoms with Crippen molar-refractivity contribution in [2.45, 2.75) is 30.0 Å². The Morgan fingerprint density at radius 3 is 2.59 bits per heavy atom. The largest absolute Gasteiger partial charge is 0.405 e. The molecule has 1 aliphatic rings. The normalized spacial score (nSPS) is 17.8. The van der Waals surface area contributed by atoms with Crippen LogP contribution in [0.15, 0.2) is 23.1 Å². The maximum Gasteiger partial charge on any atom is 0.405 e. The molecular formula is C15H17ClF3N3O4S. The molecule has 27 heavy (non-hydrogen) atoms. The number of amides is 2. The zero-order valence-corrected chi connectivity index (χ0v) is 15.7. The molecule has 0 bridgehead atoms. The predicted octanol–water partition coefficient (Wildman–Crippen LogP) is 1.53. The third-order valence-electron chi connectivity index (χ3n) is 4.03. The number of halogens is 4. The van der Waals surface area contributed by atoms with Crippen LogP contribution >= 0.6 is 11.6 Å². The predicted molar refractivity (Wildman–Crippen MR) is 90.8 cm³/mol. The number of alkyl halides is 3. The highest BCUT2D eigenvalue weighted by Crippen LogP contribution is 2.26. The number of nitrogens with zero attached hydrogens (tertiary/aromatic N) is 1. The van der Waals surface area contributed by atoms with E-state index in [1.54, 1.807) is 5.32 Å². The summed E-state index contributed by atoms with van der Waals surface area (Å²) in [5.74, 6) is -1.65. The lowest BCUT2D eigenvalue weighted by molar-refractivity contribution is -0.140. The van der Waals surface area contributed by atoms with E-state index >= 15 is 0 Å². The smallest absolute Gasteiger partial charge is 0.345 e. The second-order valence-electron chi connectivity index (χ2n) is 5.84. The van der Waals surface area contributed by atoms with Crippen LogP contribution in [-0.2, 0) is 14.8 Å². The Labute approximate surface area is 158 Å². The molecular weight excluding hydrogens is 411 g/mol. The quantitative estimate of drug-likeness (QED) is 0.745. The molecule has 0 aromatic heterocycles. The van der Waals surface area contributed by atoms with Gasteiger partial charge in [-0.2, -0.15) is 13.2 Å². The summed E-state index contributed by atoms with van der Waals surface area (Å²) < 4.78 is 62.8. The molecule has 0 radical (unpaired) electrons. The van der Waals surface area contributed by atoms with Gasteiger partial charge >= 0.3 is 6.18 Å². The Morgan fingerprint density at radius 1 is 1.33 bits per heavy atom. The van der Waals surface area contributed by atoms with Crippen LogP contribution in [0, 0.1) is 0 Å². The number of benzene rings is 1. The van der Waals surface area contributed by atoms with E-state index in [2.05, 4.69) is 4.72 Å². The molecule has 1 unspecified atom stereocenters. The molecule has 1 aromatic carbocycles. The fourth-order valence-electron chi connectivity index (χ4n) is 2.70. The summed E-state index contributed by atoms with van der Waals surface area (Å²) in [5.41, 5.74) is -0.150. The standard InChI is InChI=1S/C15H17ClF3N3O4S/c1-20-27(25,26)9-4-5-11(16)10(7-9)14(24)22-6-2-3-12(22)13(23)21-8-15(17,18)19/h4-5,7,12,20H,2-3,6,8H2,1H3,(H,21,23). The second-order valence-corrected chi connectivity index (χ2v) is 8.13. The van der Waals surface area contributed by atoms with Crippen molar-refractivity contribution >= 4 is 33.4 Å². The molecule has 1 saturated heterocycles. The molecule has 0 spiro atoms. The third kappa shape index (κ3) is 5.11. The molecule has 2 amide bonds. The van der Waals surface area contributed by atoms with Gasteiger partial charge in [0.15, 0.2) is 0 Å². The van der Waals surface area contributed by atoms with Gasteiger partial charge in [0.2, 0.25) is 15.9 Å². The summed E-state index contributed by atoms with van der Waals surface area (Å²) in [6.45, 7) is -1.36. The van der Waals surface area contributed by atoms with Crippen LogP contribution in [0.3, 0.4) is 0 Å². The molecule has 2 rings (SSSR count). The molecule has 0 saturated carbocycles. The Bertz CT molecular complexity index is 845. The summed E-state index contributed by atoms with van der Waals surface area (Å²) in [5, 5.41) is 1.73. The van der Waals surface area contributed by atoms with Crippen molar-refractivity contribution in [2.75, 3.05) is 20.1 Å². The number of carbonyl (C=O) groups is 2. The van der Waals surface area contributed by atoms with E-state index in [4.69, 9.17) is 11.6 Å². The SMILES string of the molecule is CNS(=O)(=O)c1ccc(Cl)c(C(=O)N2CCCC2C(=O)NCC(F)(F)F)c1. The molecule has 12 heteroatoms. The minimum atomic E-state index is -4.57. The van der Waals surface area contributed by atoms with E-state index in [-0.39, 0.29) is 28.4 Å². The van der Waals surface area contributed by atoms with E-state index < -0.39 is 40.6 Å². The van der Waals surface area contributed by atoms with Crippen LogP contribution in [0.4, 0.5) is 13.2 Å². The van der Waals surface area contributed by atoms with Crippen LogP contribution in [0.25, 0.3) is 0 Å². The summed E-state index contributed by atoms with van der Waals surface area (Å²) in [6, 6.07) is 2.43. The monoisotopic (exact) mass is 427 g/mol. The third-order valence-corrected chi connectivity index (χ3v) is 5.77. The number of nitrogens with one attached hydrogen (secondary N) is 2. The van der Waals surface area contributed by atoms with Crippen molar-refractivity contribution in [2.24, 2.45) is 0 Å². The summed E-state index contributed by atoms with van der Waals surface area (Å²) >= 11 is 6.00. The van der Waals surface area contributed by atoms with Crippen LogP contribution in [0.1, 0.15) is 23.2 Å². The molecule has 7 nitrogen and oxygen atoms in total. The molecule has 2 N–H and O–H groups in total. The zero-order chi connectivity index (χ0) is 20.4. The van der Waals surface area contributed by atoms with Gasteiger partial charge in [0.25, 0.3) is 5.91 Å². The van der Waals surface area contributed by atoms with Gasteiger partial charge in [0.1, 0.15) is 12.6 Å². The first-order valence-corrected chi connectivity index (χ1v) is 9.71. The number of sulfonamides is 1. The number of hydrogen-bond donors (Lipinski definition) is 2. The van der Waals surface area contributed by atoms with Gasteiger partial charge in [-0.05, 0) is 38.1 Å². The molecule has 1 aromatic rings. The van der Waals surface area contributed by atoms with Crippen molar-refractivity contribution in [1.82, 2.24) is 14.9 Å². The Morgan fingerprint density at radius 2 is 2.00 bits per heavy atom. The van der Waals surface area contributed by atoms with E-state index in [9.17, 15) is 31.2 Å².